The zero-order chi connectivity index (χ0) is 23.8. The summed E-state index contributed by atoms with van der Waals surface area (Å²) in [7, 11) is 3.97. The molecule has 1 fully saturated rings. The molecule has 2 nitrogen and oxygen atoms in total. The molecule has 0 radical (unpaired) electrons. The molecular weight excluding hydrogens is 477 g/mol. The fraction of sp³-hybridized carbons (Fsp3) is 0.250. The molecule has 0 amide bonds. The van der Waals surface area contributed by atoms with Crippen LogP contribution in [0.5, 0.6) is 5.75 Å². The van der Waals surface area contributed by atoms with Crippen molar-refractivity contribution in [2.75, 3.05) is 6.61 Å². The van der Waals surface area contributed by atoms with Gasteiger partial charge in [-0.15, -0.1) is 18.5 Å². The van der Waals surface area contributed by atoms with Crippen LogP contribution in [-0.2, 0) is 10.8 Å². The van der Waals surface area contributed by atoms with Crippen LogP contribution >= 0.6 is 18.5 Å². The topological polar surface area (TPSA) is 18.5 Å². The van der Waals surface area contributed by atoms with Crippen LogP contribution in [0, 0.1) is 17.5 Å². The first-order chi connectivity index (χ1) is 15.7. The molecule has 0 saturated carbocycles. The summed E-state index contributed by atoms with van der Waals surface area (Å²) in [6, 6.07) is 11.1. The summed E-state index contributed by atoms with van der Waals surface area (Å²) in [5.41, 5.74) is 1.08. The van der Waals surface area contributed by atoms with Crippen molar-refractivity contribution in [2.45, 2.75) is 31.5 Å². The van der Waals surface area contributed by atoms with E-state index in [-0.39, 0.29) is 16.7 Å². The summed E-state index contributed by atoms with van der Waals surface area (Å²) in [4.78, 5) is 0. The number of hydrogen-bond acceptors (Lipinski definition) is 2. The number of alkyl halides is 2. The standard InChI is InChI=1S/C24H21F5O2P2/c25-17-9-15(13-4-6-14(7-5-13)19-3-1-2-8-30-19)10-20(32)22(17)24(28,29)31-16-11-18(26)23(27)21(33)12-16/h4-7,9-12,19H,1-3,8,32-33H2. The highest BCUT2D eigenvalue weighted by atomic mass is 31.0. The zero-order valence-electron chi connectivity index (χ0n) is 17.4. The van der Waals surface area contributed by atoms with Crippen LogP contribution in [0.1, 0.15) is 36.5 Å². The Kier molecular flexibility index (Phi) is 7.04. The molecule has 1 aliphatic rings. The van der Waals surface area contributed by atoms with E-state index in [1.807, 2.05) is 21.4 Å². The molecule has 0 bridgehead atoms. The summed E-state index contributed by atoms with van der Waals surface area (Å²) >= 11 is 0. The first-order valence-corrected chi connectivity index (χ1v) is 11.4. The van der Waals surface area contributed by atoms with E-state index in [9.17, 15) is 22.0 Å². The van der Waals surface area contributed by atoms with E-state index in [0.29, 0.717) is 17.2 Å². The summed E-state index contributed by atoms with van der Waals surface area (Å²) in [5.74, 6) is -4.36. The highest BCUT2D eigenvalue weighted by molar-refractivity contribution is 7.27. The molecule has 4 rings (SSSR count). The van der Waals surface area contributed by atoms with Crippen LogP contribution in [0.15, 0.2) is 48.5 Å². The van der Waals surface area contributed by atoms with E-state index in [0.717, 1.165) is 43.6 Å². The predicted octanol–water partition coefficient (Wildman–Crippen LogP) is 6.14. The Bertz CT molecular complexity index is 1120. The van der Waals surface area contributed by atoms with E-state index in [1.54, 1.807) is 12.1 Å². The van der Waals surface area contributed by atoms with Gasteiger partial charge in [-0.2, -0.15) is 8.78 Å². The summed E-state index contributed by atoms with van der Waals surface area (Å²) < 4.78 is 81.8. The maximum Gasteiger partial charge on any atom is 0.430 e. The average Bonchev–Trinajstić information content (AvgIpc) is 2.77. The zero-order valence-corrected chi connectivity index (χ0v) is 19.7. The molecule has 0 spiro atoms. The van der Waals surface area contributed by atoms with Gasteiger partial charge in [0, 0.05) is 18.0 Å². The van der Waals surface area contributed by atoms with Crippen LogP contribution in [0.2, 0.25) is 0 Å². The van der Waals surface area contributed by atoms with Crippen LogP contribution in [0.3, 0.4) is 0 Å². The smallest absolute Gasteiger partial charge is 0.429 e. The maximum absolute atomic E-state index is 14.9. The summed E-state index contributed by atoms with van der Waals surface area (Å²) in [6.45, 7) is 0.717. The van der Waals surface area contributed by atoms with Crippen LogP contribution < -0.4 is 15.3 Å². The van der Waals surface area contributed by atoms with Gasteiger partial charge in [0.2, 0.25) is 0 Å². The minimum atomic E-state index is -4.12. The van der Waals surface area contributed by atoms with Crippen molar-refractivity contribution in [3.63, 3.8) is 0 Å². The molecule has 0 N–H and O–H groups in total. The van der Waals surface area contributed by atoms with Crippen molar-refractivity contribution < 1.29 is 31.4 Å². The molecular formula is C24H21F5O2P2. The number of rotatable bonds is 5. The second-order valence-corrected chi connectivity index (χ2v) is 9.07. The number of halogens is 5. The molecule has 3 atom stereocenters. The lowest BCUT2D eigenvalue weighted by Gasteiger charge is -2.23. The quantitative estimate of drug-likeness (QED) is 0.311. The molecule has 1 saturated heterocycles. The fourth-order valence-electron chi connectivity index (χ4n) is 3.84. The molecule has 0 aromatic heterocycles. The van der Waals surface area contributed by atoms with E-state index >= 15 is 0 Å². The van der Waals surface area contributed by atoms with E-state index in [4.69, 9.17) is 4.74 Å². The van der Waals surface area contributed by atoms with Crippen molar-refractivity contribution in [2.24, 2.45) is 0 Å². The molecule has 0 aliphatic carbocycles. The van der Waals surface area contributed by atoms with E-state index in [2.05, 4.69) is 14.0 Å². The molecule has 9 heteroatoms. The second-order valence-electron chi connectivity index (χ2n) is 7.83. The normalized spacial score (nSPS) is 16.6. The fourth-order valence-corrected chi connectivity index (χ4v) is 4.63. The summed E-state index contributed by atoms with van der Waals surface area (Å²) in [6.07, 6.45) is -1.03. The SMILES string of the molecule is Fc1cc(OC(F)(F)c2c(F)cc(-c3ccc(C4CCCCO4)cc3)cc2P)cc(P)c1F. The van der Waals surface area contributed by atoms with Gasteiger partial charge in [0.1, 0.15) is 17.1 Å². The second kappa shape index (κ2) is 9.66. The van der Waals surface area contributed by atoms with Gasteiger partial charge in [-0.3, -0.25) is 0 Å². The Hall–Kier alpha value is -2.07. The highest BCUT2D eigenvalue weighted by Crippen LogP contribution is 2.36. The Morgan fingerprint density at radius 3 is 2.18 bits per heavy atom. The van der Waals surface area contributed by atoms with Crippen LogP contribution in [0.25, 0.3) is 11.1 Å². The summed E-state index contributed by atoms with van der Waals surface area (Å²) in [5, 5.41) is -0.409. The van der Waals surface area contributed by atoms with Gasteiger partial charge >= 0.3 is 6.11 Å². The minimum Gasteiger partial charge on any atom is -0.429 e. The Labute approximate surface area is 192 Å². The minimum absolute atomic E-state index is 0.0263. The largest absolute Gasteiger partial charge is 0.430 e. The monoisotopic (exact) mass is 498 g/mol. The molecule has 1 heterocycles. The third-order valence-electron chi connectivity index (χ3n) is 5.48. The van der Waals surface area contributed by atoms with Gasteiger partial charge in [-0.1, -0.05) is 24.3 Å². The lowest BCUT2D eigenvalue weighted by atomic mass is 9.97. The third-order valence-corrected chi connectivity index (χ3v) is 6.36. The Morgan fingerprint density at radius 2 is 1.58 bits per heavy atom. The Morgan fingerprint density at radius 1 is 0.848 bits per heavy atom. The van der Waals surface area contributed by atoms with Crippen LogP contribution in [0.4, 0.5) is 22.0 Å². The van der Waals surface area contributed by atoms with Crippen molar-refractivity contribution in [3.8, 4) is 16.9 Å². The van der Waals surface area contributed by atoms with Gasteiger partial charge in [-0.05, 0) is 59.5 Å². The molecule has 1 aliphatic heterocycles. The van der Waals surface area contributed by atoms with Crippen LogP contribution in [-0.4, -0.2) is 6.61 Å². The Balaban J connectivity index is 1.60. The molecule has 3 aromatic rings. The van der Waals surface area contributed by atoms with Crippen molar-refractivity contribution >= 4 is 29.1 Å². The molecule has 174 valence electrons. The maximum atomic E-state index is 14.9. The lowest BCUT2D eigenvalue weighted by molar-refractivity contribution is -0.186. The van der Waals surface area contributed by atoms with Gasteiger partial charge in [0.05, 0.1) is 6.10 Å². The van der Waals surface area contributed by atoms with Gasteiger partial charge < -0.3 is 9.47 Å². The van der Waals surface area contributed by atoms with Crippen molar-refractivity contribution in [1.29, 1.82) is 0 Å². The number of benzene rings is 3. The predicted molar refractivity (Wildman–Crippen MR) is 124 cm³/mol. The first-order valence-electron chi connectivity index (χ1n) is 10.3. The van der Waals surface area contributed by atoms with Gasteiger partial charge in [0.15, 0.2) is 11.6 Å². The van der Waals surface area contributed by atoms with E-state index < -0.39 is 34.9 Å². The number of hydrogen-bond donors (Lipinski definition) is 0. The lowest BCUT2D eigenvalue weighted by Crippen LogP contribution is -2.29. The molecule has 3 unspecified atom stereocenters. The average molecular weight is 498 g/mol. The van der Waals surface area contributed by atoms with Gasteiger partial charge in [-0.25, -0.2) is 13.2 Å². The highest BCUT2D eigenvalue weighted by Gasteiger charge is 2.40. The first kappa shape index (κ1) is 24.1. The molecule has 33 heavy (non-hydrogen) atoms. The van der Waals surface area contributed by atoms with Crippen molar-refractivity contribution in [3.05, 3.63) is 77.1 Å². The third kappa shape index (κ3) is 5.21. The number of ether oxygens (including phenoxy) is 2. The van der Waals surface area contributed by atoms with Gasteiger partial charge in [0.25, 0.3) is 0 Å². The van der Waals surface area contributed by atoms with E-state index in [1.165, 1.54) is 6.07 Å². The molecule has 3 aromatic carbocycles. The van der Waals surface area contributed by atoms with Crippen molar-refractivity contribution in [1.82, 2.24) is 0 Å².